The molecule has 0 unspecified atom stereocenters. The van der Waals surface area contributed by atoms with Gasteiger partial charge in [0.05, 0.1) is 16.9 Å². The Bertz CT molecular complexity index is 311. The number of nitro groups is 1. The molecular weight excluding hydrogens is 190 g/mol. The summed E-state index contributed by atoms with van der Waals surface area (Å²) in [6.07, 6.45) is 0. The van der Waals surface area contributed by atoms with Gasteiger partial charge < -0.3 is 10.1 Å². The molecular formula is C7H11N3O2S. The van der Waals surface area contributed by atoms with Crippen LogP contribution >= 0.6 is 11.8 Å². The van der Waals surface area contributed by atoms with E-state index in [2.05, 4.69) is 5.10 Å². The molecule has 0 N–H and O–H groups in total. The van der Waals surface area contributed by atoms with Crippen molar-refractivity contribution in [3.05, 3.63) is 21.9 Å². The van der Waals surface area contributed by atoms with Crippen molar-refractivity contribution >= 4 is 17.6 Å². The molecule has 13 heavy (non-hydrogen) atoms. The Balaban J connectivity index is 2.77. The predicted molar refractivity (Wildman–Crippen MR) is 51.8 cm³/mol. The van der Waals surface area contributed by atoms with E-state index < -0.39 is 4.92 Å². The van der Waals surface area contributed by atoms with Crippen LogP contribution in [-0.2, 0) is 5.88 Å². The summed E-state index contributed by atoms with van der Waals surface area (Å²) in [5.41, 5.74) is 0.827. The van der Waals surface area contributed by atoms with E-state index in [1.165, 1.54) is 6.07 Å². The van der Waals surface area contributed by atoms with Crippen LogP contribution in [0.15, 0.2) is 6.07 Å². The lowest BCUT2D eigenvalue weighted by molar-refractivity contribution is -0.389. The average Bonchev–Trinajstić information content (AvgIpc) is 2.44. The zero-order valence-electron chi connectivity index (χ0n) is 7.56. The van der Waals surface area contributed by atoms with E-state index in [4.69, 9.17) is 0 Å². The topological polar surface area (TPSA) is 61.0 Å². The van der Waals surface area contributed by atoms with Gasteiger partial charge in [-0.25, -0.2) is 0 Å². The highest BCUT2D eigenvalue weighted by molar-refractivity contribution is 7.98. The first kappa shape index (κ1) is 10.0. The number of aromatic nitrogens is 2. The van der Waals surface area contributed by atoms with Crippen LogP contribution in [0.25, 0.3) is 0 Å². The van der Waals surface area contributed by atoms with Gasteiger partial charge in [-0.1, -0.05) is 6.92 Å². The smallest absolute Gasteiger partial charge is 0.358 e. The standard InChI is InChI=1S/C7H11N3O2S/c1-3-13-5-9-6(2)4-7(8-9)10(11)12/h4H,3,5H2,1-2H3. The summed E-state index contributed by atoms with van der Waals surface area (Å²) in [7, 11) is 0. The first-order valence-electron chi connectivity index (χ1n) is 3.91. The number of nitrogens with zero attached hydrogens (tertiary/aromatic N) is 3. The lowest BCUT2D eigenvalue weighted by atomic mass is 10.5. The van der Waals surface area contributed by atoms with E-state index in [1.54, 1.807) is 16.4 Å². The summed E-state index contributed by atoms with van der Waals surface area (Å²) in [5, 5.41) is 14.2. The van der Waals surface area contributed by atoms with Crippen LogP contribution < -0.4 is 0 Å². The van der Waals surface area contributed by atoms with Gasteiger partial charge in [-0.05, 0) is 17.6 Å². The molecule has 0 atom stereocenters. The third-order valence-corrected chi connectivity index (χ3v) is 2.41. The first-order chi connectivity index (χ1) is 6.15. The summed E-state index contributed by atoms with van der Waals surface area (Å²) in [6.45, 7) is 3.86. The summed E-state index contributed by atoms with van der Waals surface area (Å²) < 4.78 is 1.65. The molecule has 0 saturated carbocycles. The Morgan fingerprint density at radius 1 is 1.77 bits per heavy atom. The fraction of sp³-hybridized carbons (Fsp3) is 0.571. The lowest BCUT2D eigenvalue weighted by Gasteiger charge is -1.95. The van der Waals surface area contributed by atoms with E-state index in [1.807, 2.05) is 13.8 Å². The fourth-order valence-electron chi connectivity index (χ4n) is 0.890. The number of aryl methyl sites for hydroxylation is 1. The molecule has 1 aromatic heterocycles. The monoisotopic (exact) mass is 201 g/mol. The van der Waals surface area contributed by atoms with Crippen molar-refractivity contribution in [2.75, 3.05) is 5.75 Å². The van der Waals surface area contributed by atoms with Crippen molar-refractivity contribution in [3.63, 3.8) is 0 Å². The molecule has 0 aliphatic heterocycles. The quantitative estimate of drug-likeness (QED) is 0.550. The maximum absolute atomic E-state index is 10.4. The Morgan fingerprint density at radius 2 is 2.46 bits per heavy atom. The van der Waals surface area contributed by atoms with Gasteiger partial charge in [0.15, 0.2) is 0 Å². The lowest BCUT2D eigenvalue weighted by Crippen LogP contribution is -2.00. The molecule has 5 nitrogen and oxygen atoms in total. The van der Waals surface area contributed by atoms with Gasteiger partial charge in [-0.3, -0.25) is 0 Å². The molecule has 0 aliphatic carbocycles. The van der Waals surface area contributed by atoms with Crippen molar-refractivity contribution in [2.24, 2.45) is 0 Å². The van der Waals surface area contributed by atoms with Crippen LogP contribution in [-0.4, -0.2) is 20.5 Å². The van der Waals surface area contributed by atoms with Crippen LogP contribution in [0.3, 0.4) is 0 Å². The van der Waals surface area contributed by atoms with Crippen molar-refractivity contribution in [1.82, 2.24) is 9.78 Å². The van der Waals surface area contributed by atoms with Crippen molar-refractivity contribution in [3.8, 4) is 0 Å². The molecule has 0 fully saturated rings. The molecule has 0 aliphatic rings. The summed E-state index contributed by atoms with van der Waals surface area (Å²) in [4.78, 5) is 9.89. The van der Waals surface area contributed by atoms with E-state index in [0.29, 0.717) is 5.88 Å². The second kappa shape index (κ2) is 4.27. The van der Waals surface area contributed by atoms with Crippen LogP contribution in [0.1, 0.15) is 12.6 Å². The summed E-state index contributed by atoms with van der Waals surface area (Å²) in [6, 6.07) is 1.48. The van der Waals surface area contributed by atoms with E-state index in [0.717, 1.165) is 11.4 Å². The fourth-order valence-corrected chi connectivity index (χ4v) is 1.51. The number of rotatable bonds is 4. The molecule has 72 valence electrons. The van der Waals surface area contributed by atoms with E-state index in [-0.39, 0.29) is 5.82 Å². The molecule has 0 amide bonds. The second-order valence-electron chi connectivity index (χ2n) is 2.52. The SMILES string of the molecule is CCSCn1nc([N+](=O)[O-])cc1C. The maximum atomic E-state index is 10.4. The van der Waals surface area contributed by atoms with Gasteiger partial charge in [0, 0.05) is 0 Å². The van der Waals surface area contributed by atoms with Gasteiger partial charge >= 0.3 is 5.82 Å². The van der Waals surface area contributed by atoms with Crippen LogP contribution in [0.5, 0.6) is 0 Å². The zero-order valence-corrected chi connectivity index (χ0v) is 8.37. The molecule has 6 heteroatoms. The second-order valence-corrected chi connectivity index (χ2v) is 3.77. The summed E-state index contributed by atoms with van der Waals surface area (Å²) >= 11 is 1.68. The van der Waals surface area contributed by atoms with Gasteiger partial charge in [-0.2, -0.15) is 4.68 Å². The largest absolute Gasteiger partial charge is 0.390 e. The molecule has 1 heterocycles. The van der Waals surface area contributed by atoms with Crippen molar-refractivity contribution < 1.29 is 4.92 Å². The van der Waals surface area contributed by atoms with Gasteiger partial charge in [0.25, 0.3) is 0 Å². The van der Waals surface area contributed by atoms with Crippen LogP contribution in [0.4, 0.5) is 5.82 Å². The minimum atomic E-state index is -0.472. The Morgan fingerprint density at radius 3 is 2.92 bits per heavy atom. The molecule has 0 radical (unpaired) electrons. The maximum Gasteiger partial charge on any atom is 0.390 e. The Kier molecular flexibility index (Phi) is 3.30. The Labute approximate surface area is 80.3 Å². The average molecular weight is 201 g/mol. The highest BCUT2D eigenvalue weighted by Crippen LogP contribution is 2.13. The van der Waals surface area contributed by atoms with Gasteiger partial charge in [0.1, 0.15) is 5.88 Å². The molecule has 1 rings (SSSR count). The number of thioether (sulfide) groups is 1. The minimum Gasteiger partial charge on any atom is -0.358 e. The van der Waals surface area contributed by atoms with Gasteiger partial charge in [0.2, 0.25) is 0 Å². The minimum absolute atomic E-state index is 0.0748. The molecule has 0 saturated heterocycles. The highest BCUT2D eigenvalue weighted by Gasteiger charge is 2.14. The van der Waals surface area contributed by atoms with Crippen molar-refractivity contribution in [1.29, 1.82) is 0 Å². The normalized spacial score (nSPS) is 10.3. The van der Waals surface area contributed by atoms with Crippen molar-refractivity contribution in [2.45, 2.75) is 19.7 Å². The zero-order chi connectivity index (χ0) is 9.84. The Hall–Kier alpha value is -1.04. The third kappa shape index (κ3) is 2.45. The molecule has 0 aromatic carbocycles. The molecule has 0 bridgehead atoms. The molecule has 0 spiro atoms. The van der Waals surface area contributed by atoms with Crippen LogP contribution in [0, 0.1) is 17.0 Å². The predicted octanol–water partition coefficient (Wildman–Crippen LogP) is 1.81. The number of hydrogen-bond donors (Lipinski definition) is 0. The number of hydrogen-bond acceptors (Lipinski definition) is 4. The van der Waals surface area contributed by atoms with Crippen LogP contribution in [0.2, 0.25) is 0 Å². The van der Waals surface area contributed by atoms with E-state index >= 15 is 0 Å². The third-order valence-electron chi connectivity index (χ3n) is 1.57. The van der Waals surface area contributed by atoms with Gasteiger partial charge in [-0.15, -0.1) is 11.8 Å². The van der Waals surface area contributed by atoms with E-state index in [9.17, 15) is 10.1 Å². The summed E-state index contributed by atoms with van der Waals surface area (Å²) in [5.74, 6) is 1.58. The highest BCUT2D eigenvalue weighted by atomic mass is 32.2. The molecule has 1 aromatic rings. The first-order valence-corrected chi connectivity index (χ1v) is 5.07.